The summed E-state index contributed by atoms with van der Waals surface area (Å²) in [7, 11) is -3.69. The number of amides is 2. The van der Waals surface area contributed by atoms with Crippen molar-refractivity contribution in [1.29, 1.82) is 0 Å². The molecule has 2 aliphatic heterocycles. The van der Waals surface area contributed by atoms with Crippen LogP contribution in [-0.2, 0) is 19.6 Å². The number of rotatable bonds is 4. The lowest BCUT2D eigenvalue weighted by Gasteiger charge is -2.25. The predicted octanol–water partition coefficient (Wildman–Crippen LogP) is 3.76. The highest BCUT2D eigenvalue weighted by atomic mass is 32.2. The molecule has 2 aliphatic rings. The fourth-order valence-electron chi connectivity index (χ4n) is 4.28. The van der Waals surface area contributed by atoms with Crippen molar-refractivity contribution >= 4 is 33.2 Å². The Labute approximate surface area is 187 Å². The van der Waals surface area contributed by atoms with Crippen LogP contribution in [-0.4, -0.2) is 37.6 Å². The van der Waals surface area contributed by atoms with Gasteiger partial charge in [0.05, 0.1) is 10.8 Å². The van der Waals surface area contributed by atoms with Gasteiger partial charge in [-0.3, -0.25) is 9.59 Å². The zero-order valence-electron chi connectivity index (χ0n) is 17.9. The van der Waals surface area contributed by atoms with Crippen molar-refractivity contribution < 1.29 is 22.4 Å². The number of benzene rings is 2. The summed E-state index contributed by atoms with van der Waals surface area (Å²) in [5, 5.41) is 5.33. The molecule has 2 amide bonds. The lowest BCUT2D eigenvalue weighted by molar-refractivity contribution is -0.123. The summed E-state index contributed by atoms with van der Waals surface area (Å²) in [5.41, 5.74) is 1.73. The second kappa shape index (κ2) is 8.99. The van der Waals surface area contributed by atoms with Gasteiger partial charge in [-0.1, -0.05) is 25.0 Å². The minimum absolute atomic E-state index is 0.0741. The summed E-state index contributed by atoms with van der Waals surface area (Å²) in [4.78, 5) is 25.2. The maximum absolute atomic E-state index is 13.6. The summed E-state index contributed by atoms with van der Waals surface area (Å²) >= 11 is 0. The van der Waals surface area contributed by atoms with Crippen molar-refractivity contribution in [2.45, 2.75) is 49.8 Å². The van der Waals surface area contributed by atoms with Gasteiger partial charge in [-0.15, -0.1) is 0 Å². The number of carbonyl (C=O) groups is 2. The van der Waals surface area contributed by atoms with E-state index in [1.807, 2.05) is 0 Å². The van der Waals surface area contributed by atoms with Gasteiger partial charge in [-0.2, -0.15) is 4.31 Å². The molecule has 32 heavy (non-hydrogen) atoms. The number of aryl methyl sites for hydroxylation is 1. The fourth-order valence-corrected chi connectivity index (χ4v) is 6.05. The van der Waals surface area contributed by atoms with E-state index in [1.54, 1.807) is 19.1 Å². The SMILES string of the molecule is Cc1ccc(NC(=O)C2CC(=O)Nc3cc(F)ccc32)cc1S(=O)(=O)N1CCCCCC1. The summed E-state index contributed by atoms with van der Waals surface area (Å²) in [6, 6.07) is 8.69. The topological polar surface area (TPSA) is 95.6 Å². The number of fused-ring (bicyclic) bond motifs is 1. The Balaban J connectivity index is 1.60. The van der Waals surface area contributed by atoms with Crippen molar-refractivity contribution in [1.82, 2.24) is 4.31 Å². The van der Waals surface area contributed by atoms with E-state index in [-0.39, 0.29) is 22.9 Å². The molecule has 0 radical (unpaired) electrons. The summed E-state index contributed by atoms with van der Waals surface area (Å²) in [5.74, 6) is -2.13. The van der Waals surface area contributed by atoms with Gasteiger partial charge >= 0.3 is 0 Å². The van der Waals surface area contributed by atoms with Crippen molar-refractivity contribution in [3.8, 4) is 0 Å². The number of nitrogens with one attached hydrogen (secondary N) is 2. The van der Waals surface area contributed by atoms with Crippen LogP contribution in [0, 0.1) is 12.7 Å². The molecule has 2 N–H and O–H groups in total. The molecular weight excluding hydrogens is 433 g/mol. The standard InChI is InChI=1S/C23H26FN3O4S/c1-15-6-8-17(13-21(15)32(30,31)27-10-4-2-3-5-11-27)25-23(29)19-14-22(28)26-20-12-16(24)7-9-18(19)20/h6-9,12-13,19H,2-5,10-11,14H2,1H3,(H,25,29)(H,26,28). The quantitative estimate of drug-likeness (QED) is 0.728. The first-order valence-corrected chi connectivity index (χ1v) is 12.2. The molecule has 1 saturated heterocycles. The zero-order chi connectivity index (χ0) is 22.9. The van der Waals surface area contributed by atoms with E-state index in [0.717, 1.165) is 25.7 Å². The highest BCUT2D eigenvalue weighted by Gasteiger charge is 2.32. The Morgan fingerprint density at radius 2 is 1.81 bits per heavy atom. The van der Waals surface area contributed by atoms with E-state index >= 15 is 0 Å². The van der Waals surface area contributed by atoms with E-state index in [9.17, 15) is 22.4 Å². The van der Waals surface area contributed by atoms with Crippen molar-refractivity contribution in [2.24, 2.45) is 0 Å². The molecule has 0 spiro atoms. The lowest BCUT2D eigenvalue weighted by Crippen LogP contribution is -2.33. The average Bonchev–Trinajstić information content (AvgIpc) is 3.04. The number of sulfonamides is 1. The maximum atomic E-state index is 13.6. The maximum Gasteiger partial charge on any atom is 0.243 e. The monoisotopic (exact) mass is 459 g/mol. The normalized spacial score (nSPS) is 19.6. The molecule has 1 unspecified atom stereocenters. The number of hydrogen-bond donors (Lipinski definition) is 2. The minimum Gasteiger partial charge on any atom is -0.326 e. The Morgan fingerprint density at radius 3 is 2.53 bits per heavy atom. The second-order valence-corrected chi connectivity index (χ2v) is 10.2. The lowest BCUT2D eigenvalue weighted by atomic mass is 9.89. The van der Waals surface area contributed by atoms with Crippen molar-refractivity contribution in [3.05, 3.63) is 53.3 Å². The smallest absolute Gasteiger partial charge is 0.243 e. The Kier molecular flexibility index (Phi) is 6.30. The van der Waals surface area contributed by atoms with Gasteiger partial charge in [0, 0.05) is 30.9 Å². The molecule has 170 valence electrons. The molecular formula is C23H26FN3O4S. The molecule has 2 aromatic carbocycles. The van der Waals surface area contributed by atoms with Crippen molar-refractivity contribution in [3.63, 3.8) is 0 Å². The summed E-state index contributed by atoms with van der Waals surface area (Å²) in [6.45, 7) is 2.71. The number of hydrogen-bond acceptors (Lipinski definition) is 4. The Morgan fingerprint density at radius 1 is 1.09 bits per heavy atom. The van der Waals surface area contributed by atoms with Crippen LogP contribution in [0.4, 0.5) is 15.8 Å². The first kappa shape index (κ1) is 22.4. The zero-order valence-corrected chi connectivity index (χ0v) is 18.7. The minimum atomic E-state index is -3.69. The van der Waals surface area contributed by atoms with E-state index < -0.39 is 27.7 Å². The van der Waals surface area contributed by atoms with E-state index in [4.69, 9.17) is 0 Å². The highest BCUT2D eigenvalue weighted by molar-refractivity contribution is 7.89. The van der Waals surface area contributed by atoms with Gasteiger partial charge in [-0.05, 0) is 55.2 Å². The van der Waals surface area contributed by atoms with Crippen LogP contribution >= 0.6 is 0 Å². The molecule has 2 heterocycles. The van der Waals surface area contributed by atoms with Crippen LogP contribution in [0.3, 0.4) is 0 Å². The van der Waals surface area contributed by atoms with Crippen LogP contribution in [0.2, 0.25) is 0 Å². The summed E-state index contributed by atoms with van der Waals surface area (Å²) in [6.07, 6.45) is 3.62. The third-order valence-corrected chi connectivity index (χ3v) is 8.05. The molecule has 0 saturated carbocycles. The predicted molar refractivity (Wildman–Crippen MR) is 119 cm³/mol. The third-order valence-electron chi connectivity index (χ3n) is 6.01. The van der Waals surface area contributed by atoms with Crippen LogP contribution in [0.5, 0.6) is 0 Å². The van der Waals surface area contributed by atoms with Gasteiger partial charge in [0.1, 0.15) is 5.82 Å². The molecule has 0 aliphatic carbocycles. The van der Waals surface area contributed by atoms with Crippen LogP contribution in [0.15, 0.2) is 41.3 Å². The van der Waals surface area contributed by atoms with Gasteiger partial charge in [-0.25, -0.2) is 12.8 Å². The Hall–Kier alpha value is -2.78. The first-order chi connectivity index (χ1) is 15.3. The second-order valence-electron chi connectivity index (χ2n) is 8.32. The van der Waals surface area contributed by atoms with Gasteiger partial charge in [0.25, 0.3) is 0 Å². The van der Waals surface area contributed by atoms with E-state index in [1.165, 1.54) is 28.6 Å². The Bertz CT molecular complexity index is 1160. The highest BCUT2D eigenvalue weighted by Crippen LogP contribution is 2.34. The van der Waals surface area contributed by atoms with E-state index in [2.05, 4.69) is 10.6 Å². The molecule has 7 nitrogen and oxygen atoms in total. The molecule has 9 heteroatoms. The molecule has 4 rings (SSSR count). The van der Waals surface area contributed by atoms with Gasteiger partial charge in [0.15, 0.2) is 0 Å². The third kappa shape index (κ3) is 4.54. The van der Waals surface area contributed by atoms with Gasteiger partial charge < -0.3 is 10.6 Å². The molecule has 0 bridgehead atoms. The summed E-state index contributed by atoms with van der Waals surface area (Å²) < 4.78 is 41.6. The van der Waals surface area contributed by atoms with E-state index in [0.29, 0.717) is 29.9 Å². The van der Waals surface area contributed by atoms with Gasteiger partial charge in [0.2, 0.25) is 21.8 Å². The number of nitrogens with zero attached hydrogens (tertiary/aromatic N) is 1. The van der Waals surface area contributed by atoms with Crippen LogP contribution < -0.4 is 10.6 Å². The molecule has 1 fully saturated rings. The number of anilines is 2. The van der Waals surface area contributed by atoms with Crippen LogP contribution in [0.1, 0.15) is 49.1 Å². The number of carbonyl (C=O) groups excluding carboxylic acids is 2. The average molecular weight is 460 g/mol. The fraction of sp³-hybridized carbons (Fsp3) is 0.391. The molecule has 2 aromatic rings. The molecule has 0 aromatic heterocycles. The van der Waals surface area contributed by atoms with Crippen LogP contribution in [0.25, 0.3) is 0 Å². The molecule has 1 atom stereocenters. The first-order valence-electron chi connectivity index (χ1n) is 10.8. The largest absolute Gasteiger partial charge is 0.326 e. The number of halogens is 1. The van der Waals surface area contributed by atoms with Crippen molar-refractivity contribution in [2.75, 3.05) is 23.7 Å².